The number of nitrogens with zero attached hydrogens (tertiary/aromatic N) is 2. The molecule has 8 heteroatoms. The zero-order chi connectivity index (χ0) is 20.2. The van der Waals surface area contributed by atoms with Crippen molar-refractivity contribution in [1.29, 1.82) is 0 Å². The average molecular weight is 439 g/mol. The number of carbonyl (C=O) groups excluding carboxylic acids is 2. The van der Waals surface area contributed by atoms with Gasteiger partial charge in [-0.3, -0.25) is 14.9 Å². The third-order valence-electron chi connectivity index (χ3n) is 4.51. The van der Waals surface area contributed by atoms with Gasteiger partial charge in [-0.05, 0) is 22.4 Å². The topological polar surface area (TPSA) is 89.0 Å². The molecule has 0 radical (unpaired) electrons. The molecule has 0 aliphatic heterocycles. The van der Waals surface area contributed by atoms with Crippen LogP contribution in [0.2, 0.25) is 0 Å². The van der Waals surface area contributed by atoms with Gasteiger partial charge in [-0.1, -0.05) is 42.5 Å². The minimum Gasteiger partial charge on any atom is -1.00 e. The number of thiazole rings is 1. The van der Waals surface area contributed by atoms with Crippen LogP contribution in [0.4, 0.5) is 5.13 Å². The number of carbonyl (C=O) groups is 2. The highest BCUT2D eigenvalue weighted by Crippen LogP contribution is 2.25. The molecule has 2 amide bonds. The number of nitrogens with one attached hydrogen (secondary N) is 1. The lowest BCUT2D eigenvalue weighted by molar-refractivity contribution is -0.684. The Labute approximate surface area is 183 Å². The number of anilines is 1. The van der Waals surface area contributed by atoms with Crippen molar-refractivity contribution < 1.29 is 26.6 Å². The maximum atomic E-state index is 12.3. The lowest BCUT2D eigenvalue weighted by atomic mass is 10.0. The van der Waals surface area contributed by atoms with E-state index in [-0.39, 0.29) is 24.9 Å². The van der Waals surface area contributed by atoms with Gasteiger partial charge in [0, 0.05) is 23.6 Å². The van der Waals surface area contributed by atoms with Gasteiger partial charge in [-0.25, -0.2) is 4.98 Å². The number of pyridine rings is 1. The number of halogens is 1. The molecule has 0 unspecified atom stereocenters. The summed E-state index contributed by atoms with van der Waals surface area (Å²) < 4.78 is 1.61. The third kappa shape index (κ3) is 5.00. The lowest BCUT2D eigenvalue weighted by Crippen LogP contribution is -3.00. The fourth-order valence-corrected chi connectivity index (χ4v) is 4.02. The zero-order valence-corrected chi connectivity index (χ0v) is 17.5. The molecule has 0 fully saturated rings. The summed E-state index contributed by atoms with van der Waals surface area (Å²) >= 11 is 1.46. The van der Waals surface area contributed by atoms with E-state index in [0.29, 0.717) is 10.7 Å². The molecule has 30 heavy (non-hydrogen) atoms. The number of hydrogen-bond acceptors (Lipinski definition) is 4. The van der Waals surface area contributed by atoms with Crippen LogP contribution in [0, 0.1) is 0 Å². The summed E-state index contributed by atoms with van der Waals surface area (Å²) in [6.45, 7) is 0.0688. The standard InChI is InChI=1S/C22H18N4O2S.ClH/c23-21(28)17-8-4-10-26(13-17)14-20(27)25-22-24-12-18(29-22)11-16-7-3-6-15-5-1-2-9-19(15)16;/h1-10,12-13H,11,14H2,(H2-,23,24,25,27,28);1H. The Morgan fingerprint density at radius 1 is 1.07 bits per heavy atom. The highest BCUT2D eigenvalue weighted by molar-refractivity contribution is 7.15. The zero-order valence-electron chi connectivity index (χ0n) is 15.9. The van der Waals surface area contributed by atoms with Gasteiger partial charge in [-0.15, -0.1) is 11.3 Å². The molecule has 0 bridgehead atoms. The van der Waals surface area contributed by atoms with Crippen LogP contribution in [0.15, 0.2) is 73.2 Å². The molecule has 6 nitrogen and oxygen atoms in total. The highest BCUT2D eigenvalue weighted by Gasteiger charge is 2.14. The van der Waals surface area contributed by atoms with Crippen LogP contribution < -0.4 is 28.0 Å². The maximum Gasteiger partial charge on any atom is 0.292 e. The Morgan fingerprint density at radius 3 is 2.70 bits per heavy atom. The first-order valence-corrected chi connectivity index (χ1v) is 9.90. The first kappa shape index (κ1) is 21.4. The van der Waals surface area contributed by atoms with Gasteiger partial charge in [-0.2, -0.15) is 4.57 Å². The number of hydrogen-bond donors (Lipinski definition) is 2. The van der Waals surface area contributed by atoms with Crippen LogP contribution in [0.3, 0.4) is 0 Å². The van der Waals surface area contributed by atoms with Crippen molar-refractivity contribution in [3.05, 3.63) is 89.2 Å². The Hall–Kier alpha value is -3.29. The first-order valence-electron chi connectivity index (χ1n) is 9.08. The summed E-state index contributed by atoms with van der Waals surface area (Å²) in [5, 5.41) is 5.80. The van der Waals surface area contributed by atoms with Crippen LogP contribution in [-0.4, -0.2) is 16.8 Å². The van der Waals surface area contributed by atoms with Gasteiger partial charge in [0.05, 0.1) is 0 Å². The Morgan fingerprint density at radius 2 is 1.87 bits per heavy atom. The van der Waals surface area contributed by atoms with Crippen LogP contribution in [0.25, 0.3) is 10.8 Å². The smallest absolute Gasteiger partial charge is 0.292 e. The van der Waals surface area contributed by atoms with Crippen LogP contribution in [0.1, 0.15) is 20.8 Å². The largest absolute Gasteiger partial charge is 1.00 e. The molecule has 152 valence electrons. The van der Waals surface area contributed by atoms with E-state index in [4.69, 9.17) is 5.73 Å². The van der Waals surface area contributed by atoms with Crippen molar-refractivity contribution in [3.63, 3.8) is 0 Å². The van der Waals surface area contributed by atoms with E-state index in [1.807, 2.05) is 12.1 Å². The molecule has 2 aromatic heterocycles. The lowest BCUT2D eigenvalue weighted by Gasteiger charge is -2.04. The van der Waals surface area contributed by atoms with Crippen LogP contribution >= 0.6 is 11.3 Å². The van der Waals surface area contributed by atoms with Crippen molar-refractivity contribution in [3.8, 4) is 0 Å². The number of amides is 2. The monoisotopic (exact) mass is 438 g/mol. The predicted molar refractivity (Wildman–Crippen MR) is 113 cm³/mol. The van der Waals surface area contributed by atoms with Crippen molar-refractivity contribution in [2.75, 3.05) is 5.32 Å². The average Bonchev–Trinajstić information content (AvgIpc) is 3.15. The fourth-order valence-electron chi connectivity index (χ4n) is 3.17. The Balaban J connectivity index is 0.00000256. The van der Waals surface area contributed by atoms with Gasteiger partial charge in [0.25, 0.3) is 11.8 Å². The second kappa shape index (κ2) is 9.47. The SMILES string of the molecule is NC(=O)c1ccc[n+](CC(=O)Nc2ncc(Cc3cccc4ccccc34)s2)c1.[Cl-]. The van der Waals surface area contributed by atoms with E-state index in [2.05, 4.69) is 40.6 Å². The molecule has 0 aliphatic carbocycles. The van der Waals surface area contributed by atoms with Crippen LogP contribution in [-0.2, 0) is 17.8 Å². The van der Waals surface area contributed by atoms with E-state index in [0.717, 1.165) is 11.3 Å². The van der Waals surface area contributed by atoms with E-state index in [9.17, 15) is 9.59 Å². The normalized spacial score (nSPS) is 10.4. The molecule has 4 aromatic rings. The third-order valence-corrected chi connectivity index (χ3v) is 5.43. The van der Waals surface area contributed by atoms with Gasteiger partial charge < -0.3 is 18.1 Å². The summed E-state index contributed by atoms with van der Waals surface area (Å²) in [5.74, 6) is -0.750. The summed E-state index contributed by atoms with van der Waals surface area (Å²) in [7, 11) is 0. The summed E-state index contributed by atoms with van der Waals surface area (Å²) in [6, 6.07) is 17.8. The van der Waals surface area contributed by atoms with Crippen molar-refractivity contribution in [2.45, 2.75) is 13.0 Å². The molecular weight excluding hydrogens is 420 g/mol. The molecule has 2 aromatic carbocycles. The number of rotatable bonds is 6. The van der Waals surface area contributed by atoms with Crippen molar-refractivity contribution in [2.24, 2.45) is 5.73 Å². The minimum atomic E-state index is -0.530. The summed E-state index contributed by atoms with van der Waals surface area (Å²) in [6.07, 6.45) is 5.81. The molecule has 0 saturated heterocycles. The second-order valence-corrected chi connectivity index (χ2v) is 7.74. The summed E-state index contributed by atoms with van der Waals surface area (Å²) in [5.41, 5.74) is 6.86. The van der Waals surface area contributed by atoms with E-state index in [1.165, 1.54) is 27.7 Å². The van der Waals surface area contributed by atoms with E-state index in [1.54, 1.807) is 35.3 Å². The number of fused-ring (bicyclic) bond motifs is 1. The molecule has 0 atom stereocenters. The van der Waals surface area contributed by atoms with Gasteiger partial charge in [0.15, 0.2) is 17.5 Å². The number of nitrogens with two attached hydrogens (primary N) is 1. The van der Waals surface area contributed by atoms with Gasteiger partial charge >= 0.3 is 0 Å². The minimum absolute atomic E-state index is 0. The van der Waals surface area contributed by atoms with Crippen LogP contribution in [0.5, 0.6) is 0 Å². The number of primary amides is 1. The molecule has 4 rings (SSSR count). The van der Waals surface area contributed by atoms with Gasteiger partial charge in [0.1, 0.15) is 5.56 Å². The number of benzene rings is 2. The second-order valence-electron chi connectivity index (χ2n) is 6.62. The molecule has 2 heterocycles. The van der Waals surface area contributed by atoms with Crippen molar-refractivity contribution >= 4 is 39.1 Å². The molecular formula is C22H19ClN4O2S. The predicted octanol–water partition coefficient (Wildman–Crippen LogP) is -0.0838. The fraction of sp³-hybridized carbons (Fsp3) is 0.0909. The number of aromatic nitrogens is 2. The quantitative estimate of drug-likeness (QED) is 0.412. The Bertz CT molecular complexity index is 1200. The first-order chi connectivity index (χ1) is 14.1. The molecule has 0 saturated carbocycles. The van der Waals surface area contributed by atoms with Crippen molar-refractivity contribution in [1.82, 2.24) is 4.98 Å². The Kier molecular flexibility index (Phi) is 6.76. The molecule has 0 spiro atoms. The summed E-state index contributed by atoms with van der Waals surface area (Å²) in [4.78, 5) is 29.0. The molecule has 3 N–H and O–H groups in total. The maximum absolute atomic E-state index is 12.3. The molecule has 0 aliphatic rings. The highest BCUT2D eigenvalue weighted by atomic mass is 35.5. The van der Waals surface area contributed by atoms with Gasteiger partial charge in [0.2, 0.25) is 6.54 Å². The van der Waals surface area contributed by atoms with E-state index >= 15 is 0 Å². The van der Waals surface area contributed by atoms with E-state index < -0.39 is 5.91 Å².